The normalized spacial score (nSPS) is 11.5. The highest BCUT2D eigenvalue weighted by molar-refractivity contribution is 5.35. The van der Waals surface area contributed by atoms with Gasteiger partial charge in [0.15, 0.2) is 0 Å². The van der Waals surface area contributed by atoms with Crippen LogP contribution in [0.5, 0.6) is 0 Å². The molecule has 0 bridgehead atoms. The maximum Gasteiger partial charge on any atom is 0.131 e. The van der Waals surface area contributed by atoms with Crippen molar-refractivity contribution in [2.75, 3.05) is 11.9 Å². The second kappa shape index (κ2) is 4.60. The van der Waals surface area contributed by atoms with Crippen LogP contribution in [0.15, 0.2) is 6.07 Å². The van der Waals surface area contributed by atoms with Crippen LogP contribution in [-0.2, 0) is 6.42 Å². The van der Waals surface area contributed by atoms with Crippen LogP contribution >= 0.6 is 0 Å². The van der Waals surface area contributed by atoms with Gasteiger partial charge in [0.1, 0.15) is 11.6 Å². The highest BCUT2D eigenvalue weighted by Gasteiger charge is 2.14. The molecular formula is C12H21N3. The third-order valence-electron chi connectivity index (χ3n) is 1.95. The predicted molar refractivity (Wildman–Crippen MR) is 64.1 cm³/mol. The highest BCUT2D eigenvalue weighted by atomic mass is 15.0. The molecule has 0 aliphatic rings. The van der Waals surface area contributed by atoms with Crippen LogP contribution in [0.2, 0.25) is 0 Å². The third kappa shape index (κ3) is 4.28. The molecule has 15 heavy (non-hydrogen) atoms. The van der Waals surface area contributed by atoms with Crippen molar-refractivity contribution in [1.82, 2.24) is 9.97 Å². The monoisotopic (exact) mass is 207 g/mol. The Morgan fingerprint density at radius 2 is 1.93 bits per heavy atom. The number of aryl methyl sites for hydroxylation is 1. The lowest BCUT2D eigenvalue weighted by atomic mass is 9.92. The molecule has 1 aromatic heterocycles. The van der Waals surface area contributed by atoms with Crippen molar-refractivity contribution < 1.29 is 0 Å². The molecule has 0 spiro atoms. The molecule has 84 valence electrons. The summed E-state index contributed by atoms with van der Waals surface area (Å²) in [4.78, 5) is 8.94. The van der Waals surface area contributed by atoms with Crippen molar-refractivity contribution in [1.29, 1.82) is 0 Å². The first-order valence-electron chi connectivity index (χ1n) is 5.49. The van der Waals surface area contributed by atoms with E-state index in [0.717, 1.165) is 30.3 Å². The van der Waals surface area contributed by atoms with Crippen molar-refractivity contribution >= 4 is 5.82 Å². The summed E-state index contributed by atoms with van der Waals surface area (Å²) in [6.45, 7) is 11.6. The minimum absolute atomic E-state index is 0.233. The molecule has 0 radical (unpaired) electrons. The first-order chi connectivity index (χ1) is 6.90. The Labute approximate surface area is 92.3 Å². The molecule has 1 rings (SSSR count). The van der Waals surface area contributed by atoms with Gasteiger partial charge in [0.25, 0.3) is 0 Å². The van der Waals surface area contributed by atoms with Crippen molar-refractivity contribution in [2.24, 2.45) is 5.41 Å². The Bertz CT molecular complexity index is 326. The molecule has 1 aromatic rings. The topological polar surface area (TPSA) is 37.8 Å². The Kier molecular flexibility index (Phi) is 3.66. The zero-order valence-corrected chi connectivity index (χ0v) is 10.4. The van der Waals surface area contributed by atoms with Gasteiger partial charge in [0.05, 0.1) is 0 Å². The molecule has 1 heterocycles. The van der Waals surface area contributed by atoms with Gasteiger partial charge >= 0.3 is 0 Å². The van der Waals surface area contributed by atoms with Gasteiger partial charge in [0, 0.05) is 24.7 Å². The van der Waals surface area contributed by atoms with E-state index in [-0.39, 0.29) is 5.41 Å². The van der Waals surface area contributed by atoms with Gasteiger partial charge in [-0.15, -0.1) is 0 Å². The first-order valence-corrected chi connectivity index (χ1v) is 5.49. The summed E-state index contributed by atoms with van der Waals surface area (Å²) in [6.07, 6.45) is 0.910. The summed E-state index contributed by atoms with van der Waals surface area (Å²) < 4.78 is 0. The second-order valence-electron chi connectivity index (χ2n) is 5.08. The van der Waals surface area contributed by atoms with Crippen LogP contribution < -0.4 is 5.32 Å². The number of nitrogens with one attached hydrogen (secondary N) is 1. The Morgan fingerprint density at radius 3 is 2.47 bits per heavy atom. The van der Waals surface area contributed by atoms with E-state index in [0.29, 0.717) is 0 Å². The molecule has 3 nitrogen and oxygen atoms in total. The fraction of sp³-hybridized carbons (Fsp3) is 0.667. The summed E-state index contributed by atoms with van der Waals surface area (Å²) in [5.41, 5.74) is 1.26. The Hall–Kier alpha value is -1.12. The van der Waals surface area contributed by atoms with Crippen LogP contribution in [0.1, 0.15) is 39.2 Å². The van der Waals surface area contributed by atoms with Gasteiger partial charge in [-0.2, -0.15) is 0 Å². The van der Waals surface area contributed by atoms with E-state index in [9.17, 15) is 0 Å². The molecule has 0 aliphatic carbocycles. The summed E-state index contributed by atoms with van der Waals surface area (Å²) in [5.74, 6) is 1.86. The highest BCUT2D eigenvalue weighted by Crippen LogP contribution is 2.19. The summed E-state index contributed by atoms with van der Waals surface area (Å²) >= 11 is 0. The summed E-state index contributed by atoms with van der Waals surface area (Å²) in [7, 11) is 0. The minimum atomic E-state index is 0.233. The average molecular weight is 207 g/mol. The van der Waals surface area contributed by atoms with Crippen molar-refractivity contribution in [3.8, 4) is 0 Å². The number of rotatable bonds is 3. The fourth-order valence-electron chi connectivity index (χ4n) is 1.46. The number of hydrogen-bond acceptors (Lipinski definition) is 3. The van der Waals surface area contributed by atoms with Crippen LogP contribution in [-0.4, -0.2) is 16.5 Å². The zero-order chi connectivity index (χ0) is 11.5. The average Bonchev–Trinajstić information content (AvgIpc) is 1.99. The predicted octanol–water partition coefficient (Wildman–Crippen LogP) is 2.81. The van der Waals surface area contributed by atoms with Gasteiger partial charge < -0.3 is 5.32 Å². The van der Waals surface area contributed by atoms with Gasteiger partial charge in [-0.3, -0.25) is 0 Å². The van der Waals surface area contributed by atoms with Gasteiger partial charge in [-0.1, -0.05) is 20.8 Å². The molecule has 0 aromatic carbocycles. The molecular weight excluding hydrogens is 186 g/mol. The van der Waals surface area contributed by atoms with E-state index in [1.807, 2.05) is 13.0 Å². The number of nitrogens with zero attached hydrogens (tertiary/aromatic N) is 2. The van der Waals surface area contributed by atoms with Crippen LogP contribution in [0.4, 0.5) is 5.82 Å². The van der Waals surface area contributed by atoms with E-state index in [2.05, 4.69) is 43.0 Å². The number of aromatic nitrogens is 2. The molecule has 0 saturated heterocycles. The molecule has 3 heteroatoms. The molecule has 0 aliphatic heterocycles. The quantitative estimate of drug-likeness (QED) is 0.828. The molecule has 0 amide bonds. The van der Waals surface area contributed by atoms with E-state index < -0.39 is 0 Å². The zero-order valence-electron chi connectivity index (χ0n) is 10.4. The molecule has 1 N–H and O–H groups in total. The van der Waals surface area contributed by atoms with Gasteiger partial charge in [-0.05, 0) is 19.3 Å². The Morgan fingerprint density at radius 1 is 1.27 bits per heavy atom. The van der Waals surface area contributed by atoms with Crippen molar-refractivity contribution in [3.63, 3.8) is 0 Å². The van der Waals surface area contributed by atoms with E-state index >= 15 is 0 Å². The third-order valence-corrected chi connectivity index (χ3v) is 1.95. The first kappa shape index (κ1) is 12.0. The molecule has 0 unspecified atom stereocenters. The van der Waals surface area contributed by atoms with Crippen molar-refractivity contribution in [3.05, 3.63) is 17.6 Å². The number of hydrogen-bond donors (Lipinski definition) is 1. The maximum absolute atomic E-state index is 4.49. The lowest BCUT2D eigenvalue weighted by Gasteiger charge is -2.17. The van der Waals surface area contributed by atoms with E-state index in [4.69, 9.17) is 0 Å². The smallest absolute Gasteiger partial charge is 0.131 e. The summed E-state index contributed by atoms with van der Waals surface area (Å²) in [5, 5.41) is 3.22. The van der Waals surface area contributed by atoms with Crippen LogP contribution in [0.25, 0.3) is 0 Å². The van der Waals surface area contributed by atoms with Gasteiger partial charge in [0.2, 0.25) is 0 Å². The van der Waals surface area contributed by atoms with E-state index in [1.54, 1.807) is 0 Å². The molecule has 0 saturated carbocycles. The minimum Gasteiger partial charge on any atom is -0.370 e. The van der Waals surface area contributed by atoms with Gasteiger partial charge in [-0.25, -0.2) is 9.97 Å². The Balaban J connectivity index is 2.88. The fourth-order valence-corrected chi connectivity index (χ4v) is 1.46. The SMILES string of the molecule is CCNc1cc(C)nc(CC(C)(C)C)n1. The maximum atomic E-state index is 4.49. The standard InChI is InChI=1S/C12H21N3/c1-6-13-10-7-9(2)14-11(15-10)8-12(3,4)5/h7H,6,8H2,1-5H3,(H,13,14,15). The lowest BCUT2D eigenvalue weighted by Crippen LogP contribution is -2.13. The molecule has 0 fully saturated rings. The van der Waals surface area contributed by atoms with Crippen LogP contribution in [0, 0.1) is 12.3 Å². The van der Waals surface area contributed by atoms with Crippen LogP contribution in [0.3, 0.4) is 0 Å². The molecule has 0 atom stereocenters. The van der Waals surface area contributed by atoms with E-state index in [1.165, 1.54) is 0 Å². The lowest BCUT2D eigenvalue weighted by molar-refractivity contribution is 0.400. The number of anilines is 1. The largest absolute Gasteiger partial charge is 0.370 e. The second-order valence-corrected chi connectivity index (χ2v) is 5.08. The van der Waals surface area contributed by atoms with Crippen molar-refractivity contribution in [2.45, 2.75) is 41.0 Å². The summed E-state index contributed by atoms with van der Waals surface area (Å²) in [6, 6.07) is 1.98.